The molecule has 4 aromatic rings. The minimum atomic E-state index is 0.711. The highest BCUT2D eigenvalue weighted by Crippen LogP contribution is 2.23. The first-order valence-corrected chi connectivity index (χ1v) is 11.1. The van der Waals surface area contributed by atoms with Crippen molar-refractivity contribution in [3.05, 3.63) is 96.1 Å². The smallest absolute Gasteiger partial charge is 0.191 e. The molecule has 0 radical (unpaired) electrons. The lowest BCUT2D eigenvalue weighted by molar-refractivity contribution is 0.305. The summed E-state index contributed by atoms with van der Waals surface area (Å²) in [7, 11) is 4.11. The molecule has 4 rings (SSSR count). The van der Waals surface area contributed by atoms with Gasteiger partial charge in [0.25, 0.3) is 0 Å². The van der Waals surface area contributed by atoms with Crippen LogP contribution in [0.15, 0.2) is 84.3 Å². The highest BCUT2D eigenvalue weighted by molar-refractivity contribution is 7.98. The van der Waals surface area contributed by atoms with Gasteiger partial charge in [-0.1, -0.05) is 42.1 Å². The summed E-state index contributed by atoms with van der Waals surface area (Å²) in [5.41, 5.74) is 2.41. The molecule has 31 heavy (non-hydrogen) atoms. The minimum Gasteiger partial charge on any atom is -0.457 e. The van der Waals surface area contributed by atoms with E-state index in [1.165, 1.54) is 11.1 Å². The Morgan fingerprint density at radius 3 is 2.45 bits per heavy atom. The molecule has 0 aliphatic rings. The maximum Gasteiger partial charge on any atom is 0.191 e. The van der Waals surface area contributed by atoms with E-state index < -0.39 is 0 Å². The second kappa shape index (κ2) is 10.2. The van der Waals surface area contributed by atoms with Gasteiger partial charge < -0.3 is 9.30 Å². The Hall–Kier alpha value is -3.16. The molecule has 0 spiro atoms. The number of aromatic nitrogens is 4. The number of ether oxygens (including phenoxy) is 1. The zero-order valence-electron chi connectivity index (χ0n) is 17.7. The van der Waals surface area contributed by atoms with Crippen LogP contribution in [0.2, 0.25) is 0 Å². The average Bonchev–Trinajstić information content (AvgIpc) is 3.13. The Kier molecular flexibility index (Phi) is 6.96. The Bertz CT molecular complexity index is 1100. The van der Waals surface area contributed by atoms with Crippen LogP contribution in [0.5, 0.6) is 11.5 Å². The van der Waals surface area contributed by atoms with Crippen LogP contribution in [0.25, 0.3) is 0 Å². The molecular weight excluding hydrogens is 406 g/mol. The summed E-state index contributed by atoms with van der Waals surface area (Å²) in [5.74, 6) is 3.46. The number of hydrogen-bond donors (Lipinski definition) is 0. The van der Waals surface area contributed by atoms with Crippen LogP contribution in [0.4, 0.5) is 0 Å². The zero-order valence-corrected chi connectivity index (χ0v) is 18.5. The number of thioether (sulfide) groups is 1. The molecule has 0 N–H and O–H groups in total. The van der Waals surface area contributed by atoms with Gasteiger partial charge in [0.2, 0.25) is 0 Å². The van der Waals surface area contributed by atoms with E-state index in [9.17, 15) is 0 Å². The SMILES string of the molecule is CN(Cc1cccc(Oc2ccccc2)c1)Cc1nnc(SCc2ccncc2)n1C. The van der Waals surface area contributed by atoms with Crippen molar-refractivity contribution in [1.82, 2.24) is 24.6 Å². The molecule has 158 valence electrons. The maximum atomic E-state index is 5.95. The molecule has 0 atom stereocenters. The molecular formula is C24H25N5OS. The van der Waals surface area contributed by atoms with Gasteiger partial charge >= 0.3 is 0 Å². The van der Waals surface area contributed by atoms with Gasteiger partial charge in [0.1, 0.15) is 17.3 Å². The van der Waals surface area contributed by atoms with Crippen molar-refractivity contribution in [3.63, 3.8) is 0 Å². The molecule has 0 saturated heterocycles. The standard InChI is InChI=1S/C24H25N5OS/c1-28(16-20-7-6-10-22(15-20)30-21-8-4-3-5-9-21)17-23-26-27-24(29(23)2)31-18-19-11-13-25-14-12-19/h3-15H,16-18H2,1-2H3. The van der Waals surface area contributed by atoms with Gasteiger partial charge in [-0.2, -0.15) is 0 Å². The Morgan fingerprint density at radius 2 is 1.65 bits per heavy atom. The van der Waals surface area contributed by atoms with Crippen molar-refractivity contribution in [1.29, 1.82) is 0 Å². The van der Waals surface area contributed by atoms with E-state index in [0.717, 1.165) is 34.8 Å². The molecule has 0 aliphatic heterocycles. The third-order valence-electron chi connectivity index (χ3n) is 4.78. The average molecular weight is 432 g/mol. The number of nitrogens with zero attached hydrogens (tertiary/aromatic N) is 5. The van der Waals surface area contributed by atoms with Gasteiger partial charge in [-0.25, -0.2) is 0 Å². The normalized spacial score (nSPS) is 11.1. The zero-order chi connectivity index (χ0) is 21.5. The lowest BCUT2D eigenvalue weighted by atomic mass is 10.2. The highest BCUT2D eigenvalue weighted by Gasteiger charge is 2.12. The number of pyridine rings is 1. The van der Waals surface area contributed by atoms with Crippen molar-refractivity contribution >= 4 is 11.8 Å². The van der Waals surface area contributed by atoms with Crippen LogP contribution in [-0.2, 0) is 25.9 Å². The lowest BCUT2D eigenvalue weighted by Gasteiger charge is -2.17. The second-order valence-electron chi connectivity index (χ2n) is 7.34. The first-order valence-electron chi connectivity index (χ1n) is 10.1. The molecule has 0 aliphatic carbocycles. The van der Waals surface area contributed by atoms with Crippen LogP contribution in [-0.4, -0.2) is 31.7 Å². The van der Waals surface area contributed by atoms with Crippen molar-refractivity contribution in [2.24, 2.45) is 7.05 Å². The van der Waals surface area contributed by atoms with Crippen molar-refractivity contribution in [3.8, 4) is 11.5 Å². The third kappa shape index (κ3) is 5.93. The number of rotatable bonds is 9. The summed E-state index contributed by atoms with van der Waals surface area (Å²) in [6.45, 7) is 1.50. The molecule has 7 heteroatoms. The topological polar surface area (TPSA) is 56.1 Å². The van der Waals surface area contributed by atoms with E-state index >= 15 is 0 Å². The van der Waals surface area contributed by atoms with Crippen LogP contribution >= 0.6 is 11.8 Å². The molecule has 0 fully saturated rings. The van der Waals surface area contributed by atoms with Crippen molar-refractivity contribution in [2.75, 3.05) is 7.05 Å². The Morgan fingerprint density at radius 1 is 0.871 bits per heavy atom. The molecule has 0 bridgehead atoms. The van der Waals surface area contributed by atoms with E-state index in [1.807, 2.05) is 74.0 Å². The van der Waals surface area contributed by atoms with Crippen LogP contribution in [0.1, 0.15) is 17.0 Å². The maximum absolute atomic E-state index is 5.95. The predicted octanol–water partition coefficient (Wildman–Crippen LogP) is 4.93. The van der Waals surface area contributed by atoms with Crippen LogP contribution < -0.4 is 4.74 Å². The molecule has 0 saturated carbocycles. The summed E-state index contributed by atoms with van der Waals surface area (Å²) in [6.07, 6.45) is 3.62. The van der Waals surface area contributed by atoms with Gasteiger partial charge in [0.05, 0.1) is 6.54 Å². The van der Waals surface area contributed by atoms with Crippen LogP contribution in [0.3, 0.4) is 0 Å². The Balaban J connectivity index is 1.34. The molecule has 2 heterocycles. The second-order valence-corrected chi connectivity index (χ2v) is 8.28. The molecule has 2 aromatic carbocycles. The summed E-state index contributed by atoms with van der Waals surface area (Å²) in [6, 6.07) is 22.1. The minimum absolute atomic E-state index is 0.711. The summed E-state index contributed by atoms with van der Waals surface area (Å²) in [5, 5.41) is 9.68. The number of hydrogen-bond acceptors (Lipinski definition) is 6. The molecule has 6 nitrogen and oxygen atoms in total. The van der Waals surface area contributed by atoms with Gasteiger partial charge in [0.15, 0.2) is 5.16 Å². The molecule has 2 aromatic heterocycles. The van der Waals surface area contributed by atoms with E-state index in [0.29, 0.717) is 6.54 Å². The van der Waals surface area contributed by atoms with E-state index in [1.54, 1.807) is 11.8 Å². The summed E-state index contributed by atoms with van der Waals surface area (Å²) in [4.78, 5) is 6.28. The van der Waals surface area contributed by atoms with E-state index in [-0.39, 0.29) is 0 Å². The lowest BCUT2D eigenvalue weighted by Crippen LogP contribution is -2.19. The van der Waals surface area contributed by atoms with E-state index in [4.69, 9.17) is 4.74 Å². The fraction of sp³-hybridized carbons (Fsp3) is 0.208. The highest BCUT2D eigenvalue weighted by atomic mass is 32.2. The number of para-hydroxylation sites is 1. The van der Waals surface area contributed by atoms with Crippen LogP contribution in [0, 0.1) is 0 Å². The van der Waals surface area contributed by atoms with Crippen molar-refractivity contribution in [2.45, 2.75) is 24.0 Å². The first kappa shape index (κ1) is 21.1. The molecule has 0 unspecified atom stereocenters. The fourth-order valence-corrected chi connectivity index (χ4v) is 4.06. The van der Waals surface area contributed by atoms with Gasteiger partial charge in [0, 0.05) is 31.7 Å². The van der Waals surface area contributed by atoms with Gasteiger partial charge in [-0.3, -0.25) is 9.88 Å². The van der Waals surface area contributed by atoms with Gasteiger partial charge in [-0.05, 0) is 54.6 Å². The predicted molar refractivity (Wildman–Crippen MR) is 123 cm³/mol. The van der Waals surface area contributed by atoms with Crippen molar-refractivity contribution < 1.29 is 4.74 Å². The quantitative estimate of drug-likeness (QED) is 0.350. The summed E-state index contributed by atoms with van der Waals surface area (Å²) < 4.78 is 8.02. The number of benzene rings is 2. The third-order valence-corrected chi connectivity index (χ3v) is 5.87. The monoisotopic (exact) mass is 431 g/mol. The van der Waals surface area contributed by atoms with Gasteiger partial charge in [-0.15, -0.1) is 10.2 Å². The summed E-state index contributed by atoms with van der Waals surface area (Å²) >= 11 is 1.68. The molecule has 0 amide bonds. The van der Waals surface area contributed by atoms with E-state index in [2.05, 4.69) is 43.8 Å². The first-order chi connectivity index (χ1) is 15.2. The fourth-order valence-electron chi connectivity index (χ4n) is 3.18. The largest absolute Gasteiger partial charge is 0.457 e. The Labute approximate surface area is 186 Å².